The molecule has 2 rings (SSSR count). The van der Waals surface area contributed by atoms with Crippen molar-refractivity contribution < 1.29 is 0 Å². The number of hydrogen-bond acceptors (Lipinski definition) is 6. The Labute approximate surface area is 117 Å². The van der Waals surface area contributed by atoms with E-state index in [1.165, 1.54) is 0 Å². The molecule has 0 spiro atoms. The van der Waals surface area contributed by atoms with Crippen LogP contribution in [0, 0.1) is 6.92 Å². The van der Waals surface area contributed by atoms with Gasteiger partial charge in [0.25, 0.3) is 0 Å². The lowest BCUT2D eigenvalue weighted by atomic mass is 10.1. The predicted molar refractivity (Wildman–Crippen MR) is 79.7 cm³/mol. The van der Waals surface area contributed by atoms with Crippen LogP contribution in [0.4, 0.5) is 11.8 Å². The summed E-state index contributed by atoms with van der Waals surface area (Å²) >= 11 is 1.64. The predicted octanol–water partition coefficient (Wildman–Crippen LogP) is 3.02. The maximum Gasteiger partial charge on any atom is 0.224 e. The standard InChI is InChI=1S/C13H19N5S/c1-5-14-12-16-8-9(2)10(17-12)18-13(3,4)11-15-6-7-19-11/h6-8H,5H2,1-4H3,(H2,14,16,17,18). The van der Waals surface area contributed by atoms with E-state index in [1.54, 1.807) is 11.3 Å². The van der Waals surface area contributed by atoms with Crippen molar-refractivity contribution in [3.8, 4) is 0 Å². The second-order valence-corrected chi connectivity index (χ2v) is 5.74. The summed E-state index contributed by atoms with van der Waals surface area (Å²) in [6.07, 6.45) is 3.64. The Morgan fingerprint density at radius 2 is 2.11 bits per heavy atom. The fraction of sp³-hybridized carbons (Fsp3) is 0.462. The topological polar surface area (TPSA) is 62.7 Å². The molecule has 0 saturated heterocycles. The van der Waals surface area contributed by atoms with Crippen molar-refractivity contribution in [2.75, 3.05) is 17.2 Å². The molecule has 5 nitrogen and oxygen atoms in total. The van der Waals surface area contributed by atoms with Gasteiger partial charge in [-0.05, 0) is 27.7 Å². The highest BCUT2D eigenvalue weighted by Gasteiger charge is 2.24. The number of aryl methyl sites for hydroxylation is 1. The van der Waals surface area contributed by atoms with Gasteiger partial charge in [-0.1, -0.05) is 0 Å². The van der Waals surface area contributed by atoms with Crippen LogP contribution in [0.25, 0.3) is 0 Å². The molecular formula is C13H19N5S. The average molecular weight is 277 g/mol. The third kappa shape index (κ3) is 3.20. The second kappa shape index (κ2) is 5.52. The molecule has 0 saturated carbocycles. The van der Waals surface area contributed by atoms with Crippen molar-refractivity contribution in [3.05, 3.63) is 28.3 Å². The van der Waals surface area contributed by atoms with Gasteiger partial charge in [0.15, 0.2) is 0 Å². The zero-order valence-corrected chi connectivity index (χ0v) is 12.5. The van der Waals surface area contributed by atoms with E-state index in [2.05, 4.69) is 39.4 Å². The van der Waals surface area contributed by atoms with Crippen molar-refractivity contribution in [1.82, 2.24) is 15.0 Å². The number of anilines is 2. The van der Waals surface area contributed by atoms with Gasteiger partial charge < -0.3 is 10.6 Å². The largest absolute Gasteiger partial charge is 0.358 e. The monoisotopic (exact) mass is 277 g/mol. The van der Waals surface area contributed by atoms with Gasteiger partial charge in [-0.2, -0.15) is 4.98 Å². The van der Waals surface area contributed by atoms with Crippen molar-refractivity contribution >= 4 is 23.1 Å². The van der Waals surface area contributed by atoms with Crippen molar-refractivity contribution in [3.63, 3.8) is 0 Å². The first-order chi connectivity index (χ1) is 9.03. The van der Waals surface area contributed by atoms with Crippen molar-refractivity contribution in [2.45, 2.75) is 33.2 Å². The first-order valence-electron chi connectivity index (χ1n) is 6.28. The van der Waals surface area contributed by atoms with Crippen LogP contribution < -0.4 is 10.6 Å². The van der Waals surface area contributed by atoms with Gasteiger partial charge in [0, 0.05) is 29.9 Å². The summed E-state index contributed by atoms with van der Waals surface area (Å²) in [5, 5.41) is 9.58. The van der Waals surface area contributed by atoms with Gasteiger partial charge in [-0.25, -0.2) is 9.97 Å². The molecule has 102 valence electrons. The van der Waals surface area contributed by atoms with Gasteiger partial charge in [-0.15, -0.1) is 11.3 Å². The number of thiazole rings is 1. The summed E-state index contributed by atoms with van der Waals surface area (Å²) in [6.45, 7) is 9.02. The van der Waals surface area contributed by atoms with Gasteiger partial charge in [0.1, 0.15) is 10.8 Å². The minimum atomic E-state index is -0.253. The van der Waals surface area contributed by atoms with Crippen LogP contribution in [-0.2, 0) is 5.54 Å². The fourth-order valence-corrected chi connectivity index (χ4v) is 2.41. The highest BCUT2D eigenvalue weighted by Crippen LogP contribution is 2.27. The number of rotatable bonds is 5. The summed E-state index contributed by atoms with van der Waals surface area (Å²) < 4.78 is 0. The summed E-state index contributed by atoms with van der Waals surface area (Å²) in [4.78, 5) is 13.1. The minimum absolute atomic E-state index is 0.253. The van der Waals surface area contributed by atoms with E-state index < -0.39 is 0 Å². The third-order valence-electron chi connectivity index (χ3n) is 2.70. The van der Waals surface area contributed by atoms with Crippen molar-refractivity contribution in [1.29, 1.82) is 0 Å². The van der Waals surface area contributed by atoms with Crippen LogP contribution in [0.1, 0.15) is 31.3 Å². The molecule has 2 heterocycles. The Hall–Kier alpha value is -1.69. The Morgan fingerprint density at radius 3 is 2.74 bits per heavy atom. The maximum atomic E-state index is 4.50. The molecule has 0 fully saturated rings. The van der Waals surface area contributed by atoms with Crippen LogP contribution in [-0.4, -0.2) is 21.5 Å². The molecule has 19 heavy (non-hydrogen) atoms. The zero-order chi connectivity index (χ0) is 13.9. The lowest BCUT2D eigenvalue weighted by Gasteiger charge is -2.25. The molecule has 0 bridgehead atoms. The van der Waals surface area contributed by atoms with E-state index in [0.29, 0.717) is 5.95 Å². The summed E-state index contributed by atoms with van der Waals surface area (Å²) in [5.74, 6) is 1.48. The summed E-state index contributed by atoms with van der Waals surface area (Å²) in [7, 11) is 0. The Balaban J connectivity index is 2.25. The lowest BCUT2D eigenvalue weighted by molar-refractivity contribution is 0.600. The Kier molecular flexibility index (Phi) is 3.99. The lowest BCUT2D eigenvalue weighted by Crippen LogP contribution is -2.29. The first kappa shape index (κ1) is 13.7. The number of aromatic nitrogens is 3. The third-order valence-corrected chi connectivity index (χ3v) is 3.80. The van der Waals surface area contributed by atoms with Gasteiger partial charge in [-0.3, -0.25) is 0 Å². The molecule has 6 heteroatoms. The van der Waals surface area contributed by atoms with Crippen LogP contribution in [0.15, 0.2) is 17.8 Å². The normalized spacial score (nSPS) is 11.4. The number of hydrogen-bond donors (Lipinski definition) is 2. The highest BCUT2D eigenvalue weighted by atomic mass is 32.1. The number of nitrogens with one attached hydrogen (secondary N) is 2. The van der Waals surface area contributed by atoms with Crippen LogP contribution in [0.3, 0.4) is 0 Å². The van der Waals surface area contributed by atoms with E-state index in [1.807, 2.05) is 31.6 Å². The van der Waals surface area contributed by atoms with Crippen LogP contribution in [0.5, 0.6) is 0 Å². The summed E-state index contributed by atoms with van der Waals surface area (Å²) in [5.41, 5.74) is 0.766. The zero-order valence-electron chi connectivity index (χ0n) is 11.7. The quantitative estimate of drug-likeness (QED) is 0.879. The molecule has 0 amide bonds. The average Bonchev–Trinajstić information content (AvgIpc) is 2.88. The maximum absolute atomic E-state index is 4.50. The molecule has 0 aliphatic carbocycles. The summed E-state index contributed by atoms with van der Waals surface area (Å²) in [6, 6.07) is 0. The van der Waals surface area contributed by atoms with Crippen LogP contribution >= 0.6 is 11.3 Å². The Morgan fingerprint density at radius 1 is 1.32 bits per heavy atom. The SMILES string of the molecule is CCNc1ncc(C)c(NC(C)(C)c2nccs2)n1. The van der Waals surface area contributed by atoms with Gasteiger partial charge in [0.05, 0.1) is 5.54 Å². The molecular weight excluding hydrogens is 258 g/mol. The molecule has 0 aliphatic heterocycles. The minimum Gasteiger partial charge on any atom is -0.358 e. The van der Waals surface area contributed by atoms with Gasteiger partial charge in [0.2, 0.25) is 5.95 Å². The highest BCUT2D eigenvalue weighted by molar-refractivity contribution is 7.09. The van der Waals surface area contributed by atoms with E-state index >= 15 is 0 Å². The van der Waals surface area contributed by atoms with Gasteiger partial charge >= 0.3 is 0 Å². The Bertz CT molecular complexity index is 536. The molecule has 0 aliphatic rings. The molecule has 0 unspecified atom stereocenters. The molecule has 0 radical (unpaired) electrons. The molecule has 0 aromatic carbocycles. The van der Waals surface area contributed by atoms with E-state index in [9.17, 15) is 0 Å². The van der Waals surface area contributed by atoms with Crippen LogP contribution in [0.2, 0.25) is 0 Å². The molecule has 2 N–H and O–H groups in total. The fourth-order valence-electron chi connectivity index (χ4n) is 1.69. The molecule has 2 aromatic heterocycles. The van der Waals surface area contributed by atoms with E-state index in [4.69, 9.17) is 0 Å². The number of nitrogens with zero attached hydrogens (tertiary/aromatic N) is 3. The van der Waals surface area contributed by atoms with Crippen molar-refractivity contribution in [2.24, 2.45) is 0 Å². The molecule has 0 atom stereocenters. The van der Waals surface area contributed by atoms with E-state index in [-0.39, 0.29) is 5.54 Å². The second-order valence-electron chi connectivity index (χ2n) is 4.84. The smallest absolute Gasteiger partial charge is 0.224 e. The molecule has 2 aromatic rings. The first-order valence-corrected chi connectivity index (χ1v) is 7.16. The van der Waals surface area contributed by atoms with E-state index in [0.717, 1.165) is 22.9 Å².